The van der Waals surface area contributed by atoms with Gasteiger partial charge in [0.2, 0.25) is 5.95 Å². The highest BCUT2D eigenvalue weighted by Gasteiger charge is 2.13. The second-order valence-electron chi connectivity index (χ2n) is 4.71. The van der Waals surface area contributed by atoms with E-state index >= 15 is 0 Å². The third-order valence-corrected chi connectivity index (χ3v) is 3.34. The summed E-state index contributed by atoms with van der Waals surface area (Å²) in [5.41, 5.74) is 2.58. The van der Waals surface area contributed by atoms with Gasteiger partial charge in [-0.3, -0.25) is 4.79 Å². The van der Waals surface area contributed by atoms with Gasteiger partial charge in [-0.1, -0.05) is 18.2 Å². The fourth-order valence-corrected chi connectivity index (χ4v) is 2.03. The summed E-state index contributed by atoms with van der Waals surface area (Å²) in [6.07, 6.45) is 3.13. The van der Waals surface area contributed by atoms with E-state index in [0.717, 1.165) is 11.3 Å². The van der Waals surface area contributed by atoms with E-state index in [1.165, 1.54) is 0 Å². The molecule has 0 bridgehead atoms. The number of para-hydroxylation sites is 1. The summed E-state index contributed by atoms with van der Waals surface area (Å²) in [4.78, 5) is 22.3. The molecule has 5 heteroatoms. The lowest BCUT2D eigenvalue weighted by molar-refractivity contribution is 0.0772. The normalized spacial score (nSPS) is 10.2. The first kappa shape index (κ1) is 15.0. The summed E-state index contributed by atoms with van der Waals surface area (Å²) in [5, 5.41) is 3.15. The molecule has 2 aromatic rings. The largest absolute Gasteiger partial charge is 0.339 e. The Labute approximate surface area is 125 Å². The van der Waals surface area contributed by atoms with Crippen LogP contribution in [0.1, 0.15) is 29.8 Å². The van der Waals surface area contributed by atoms with Gasteiger partial charge in [-0.25, -0.2) is 9.97 Å². The van der Waals surface area contributed by atoms with E-state index in [-0.39, 0.29) is 5.91 Å². The lowest BCUT2D eigenvalue weighted by Gasteiger charge is -2.18. The molecule has 0 aliphatic heterocycles. The molecule has 0 atom stereocenters. The van der Waals surface area contributed by atoms with Crippen molar-refractivity contribution in [3.05, 3.63) is 47.8 Å². The maximum absolute atomic E-state index is 12.2. The first-order valence-electron chi connectivity index (χ1n) is 7.09. The number of aryl methyl sites for hydroxylation is 1. The number of rotatable bonds is 5. The van der Waals surface area contributed by atoms with Crippen molar-refractivity contribution in [1.82, 2.24) is 14.9 Å². The van der Waals surface area contributed by atoms with Crippen LogP contribution in [0.4, 0.5) is 11.6 Å². The molecule has 0 saturated heterocycles. The Balaban J connectivity index is 2.12. The number of amides is 1. The lowest BCUT2D eigenvalue weighted by atomic mass is 10.2. The number of carbonyl (C=O) groups is 1. The van der Waals surface area contributed by atoms with E-state index in [9.17, 15) is 4.79 Å². The summed E-state index contributed by atoms with van der Waals surface area (Å²) in [7, 11) is 0. The molecule has 0 aliphatic rings. The highest BCUT2D eigenvalue weighted by atomic mass is 16.2. The van der Waals surface area contributed by atoms with Crippen LogP contribution in [0.15, 0.2) is 36.7 Å². The first-order chi connectivity index (χ1) is 10.2. The monoisotopic (exact) mass is 284 g/mol. The predicted molar refractivity (Wildman–Crippen MR) is 83.7 cm³/mol. The van der Waals surface area contributed by atoms with Crippen LogP contribution in [0.3, 0.4) is 0 Å². The molecule has 1 aromatic heterocycles. The first-order valence-corrected chi connectivity index (χ1v) is 7.09. The number of nitrogens with zero attached hydrogens (tertiary/aromatic N) is 3. The van der Waals surface area contributed by atoms with Crippen molar-refractivity contribution in [1.29, 1.82) is 0 Å². The average Bonchev–Trinajstić information content (AvgIpc) is 2.51. The van der Waals surface area contributed by atoms with Gasteiger partial charge in [0.1, 0.15) is 0 Å². The molecule has 0 unspecified atom stereocenters. The van der Waals surface area contributed by atoms with Crippen LogP contribution in [0.5, 0.6) is 0 Å². The van der Waals surface area contributed by atoms with E-state index < -0.39 is 0 Å². The zero-order valence-electron chi connectivity index (χ0n) is 12.6. The summed E-state index contributed by atoms with van der Waals surface area (Å²) in [6.45, 7) is 7.28. The molecule has 0 radical (unpaired) electrons. The van der Waals surface area contributed by atoms with Gasteiger partial charge >= 0.3 is 0 Å². The quantitative estimate of drug-likeness (QED) is 0.917. The van der Waals surface area contributed by atoms with Crippen LogP contribution in [-0.4, -0.2) is 33.9 Å². The van der Waals surface area contributed by atoms with Crippen molar-refractivity contribution in [2.75, 3.05) is 18.4 Å². The Kier molecular flexibility index (Phi) is 4.87. The predicted octanol–water partition coefficient (Wildman–Crippen LogP) is 3.01. The number of benzene rings is 1. The van der Waals surface area contributed by atoms with Crippen LogP contribution in [0.2, 0.25) is 0 Å². The van der Waals surface area contributed by atoms with E-state index in [1.807, 2.05) is 45.0 Å². The van der Waals surface area contributed by atoms with Crippen LogP contribution in [0, 0.1) is 6.92 Å². The van der Waals surface area contributed by atoms with Crippen LogP contribution >= 0.6 is 0 Å². The standard InChI is InChI=1S/C16H20N4O/c1-4-20(5-2)15(21)13-10-17-16(18-11-13)19-14-9-7-6-8-12(14)3/h6-11H,4-5H2,1-3H3,(H,17,18,19). The Hall–Kier alpha value is -2.43. The third-order valence-electron chi connectivity index (χ3n) is 3.34. The smallest absolute Gasteiger partial charge is 0.256 e. The molecule has 0 saturated carbocycles. The molecule has 110 valence electrons. The Bertz CT molecular complexity index is 606. The Morgan fingerprint density at radius 2 is 1.76 bits per heavy atom. The van der Waals surface area contributed by atoms with Crippen molar-refractivity contribution >= 4 is 17.5 Å². The van der Waals surface area contributed by atoms with Crippen LogP contribution in [0.25, 0.3) is 0 Å². The summed E-state index contributed by atoms with van der Waals surface area (Å²) in [5.74, 6) is 0.447. The number of anilines is 2. The Morgan fingerprint density at radius 3 is 2.33 bits per heavy atom. The van der Waals surface area contributed by atoms with Crippen molar-refractivity contribution in [2.45, 2.75) is 20.8 Å². The topological polar surface area (TPSA) is 58.1 Å². The van der Waals surface area contributed by atoms with Gasteiger partial charge in [-0.15, -0.1) is 0 Å². The lowest BCUT2D eigenvalue weighted by Crippen LogP contribution is -2.30. The molecule has 21 heavy (non-hydrogen) atoms. The van der Waals surface area contributed by atoms with Crippen LogP contribution in [-0.2, 0) is 0 Å². The van der Waals surface area contributed by atoms with E-state index in [1.54, 1.807) is 17.3 Å². The van der Waals surface area contributed by atoms with Crippen molar-refractivity contribution in [2.24, 2.45) is 0 Å². The van der Waals surface area contributed by atoms with E-state index in [4.69, 9.17) is 0 Å². The number of hydrogen-bond donors (Lipinski definition) is 1. The molecule has 5 nitrogen and oxygen atoms in total. The molecule has 1 aromatic carbocycles. The zero-order chi connectivity index (χ0) is 15.2. The summed E-state index contributed by atoms with van der Waals surface area (Å²) < 4.78 is 0. The molecular weight excluding hydrogens is 264 g/mol. The minimum atomic E-state index is -0.0394. The second kappa shape index (κ2) is 6.83. The summed E-state index contributed by atoms with van der Waals surface area (Å²) >= 11 is 0. The van der Waals surface area contributed by atoms with Crippen molar-refractivity contribution in [3.8, 4) is 0 Å². The average molecular weight is 284 g/mol. The van der Waals surface area contributed by atoms with Gasteiger partial charge < -0.3 is 10.2 Å². The molecular formula is C16H20N4O. The van der Waals surface area contributed by atoms with Gasteiger partial charge in [-0.05, 0) is 32.4 Å². The van der Waals surface area contributed by atoms with E-state index in [0.29, 0.717) is 24.6 Å². The van der Waals surface area contributed by atoms with Crippen molar-refractivity contribution < 1.29 is 4.79 Å². The molecule has 1 amide bonds. The SMILES string of the molecule is CCN(CC)C(=O)c1cnc(Nc2ccccc2C)nc1. The number of nitrogens with one attached hydrogen (secondary N) is 1. The minimum Gasteiger partial charge on any atom is -0.339 e. The van der Waals surface area contributed by atoms with Gasteiger partial charge in [0.15, 0.2) is 0 Å². The van der Waals surface area contributed by atoms with E-state index in [2.05, 4.69) is 15.3 Å². The van der Waals surface area contributed by atoms with Gasteiger partial charge in [0.05, 0.1) is 5.56 Å². The maximum atomic E-state index is 12.2. The molecule has 0 fully saturated rings. The van der Waals surface area contributed by atoms with Crippen molar-refractivity contribution in [3.63, 3.8) is 0 Å². The molecule has 1 heterocycles. The van der Waals surface area contributed by atoms with Gasteiger partial charge in [0.25, 0.3) is 5.91 Å². The molecule has 0 aliphatic carbocycles. The zero-order valence-corrected chi connectivity index (χ0v) is 12.6. The number of carbonyl (C=O) groups excluding carboxylic acids is 1. The summed E-state index contributed by atoms with van der Waals surface area (Å²) in [6, 6.07) is 7.91. The Morgan fingerprint density at radius 1 is 1.14 bits per heavy atom. The minimum absolute atomic E-state index is 0.0394. The fourth-order valence-electron chi connectivity index (χ4n) is 2.03. The molecule has 0 spiro atoms. The number of aromatic nitrogens is 2. The highest BCUT2D eigenvalue weighted by Crippen LogP contribution is 2.17. The van der Waals surface area contributed by atoms with Crippen LogP contribution < -0.4 is 5.32 Å². The fraction of sp³-hybridized carbons (Fsp3) is 0.312. The van der Waals surface area contributed by atoms with Gasteiger partial charge in [0, 0.05) is 31.2 Å². The molecule has 1 N–H and O–H groups in total. The number of hydrogen-bond acceptors (Lipinski definition) is 4. The molecule has 2 rings (SSSR count). The second-order valence-corrected chi connectivity index (χ2v) is 4.71. The maximum Gasteiger partial charge on any atom is 0.256 e. The highest BCUT2D eigenvalue weighted by molar-refractivity contribution is 5.93. The third kappa shape index (κ3) is 3.56. The van der Waals surface area contributed by atoms with Gasteiger partial charge in [-0.2, -0.15) is 0 Å².